The van der Waals surface area contributed by atoms with Crippen LogP contribution in [0.3, 0.4) is 0 Å². The molecule has 5 nitrogen and oxygen atoms in total. The van der Waals surface area contributed by atoms with E-state index in [0.29, 0.717) is 5.56 Å². The first-order chi connectivity index (χ1) is 10.1. The van der Waals surface area contributed by atoms with Crippen LogP contribution in [0.25, 0.3) is 21.6 Å². The Kier molecular flexibility index (Phi) is 4.42. The molecule has 2 rings (SSSR count). The zero-order valence-electron chi connectivity index (χ0n) is 11.2. The van der Waals surface area contributed by atoms with Gasteiger partial charge in [-0.3, -0.25) is 0 Å². The lowest BCUT2D eigenvalue weighted by molar-refractivity contribution is 0.599. The van der Waals surface area contributed by atoms with Crippen LogP contribution >= 0.6 is 0 Å². The maximum absolute atomic E-state index is 12.3. The summed E-state index contributed by atoms with van der Waals surface area (Å²) in [4.78, 5) is 2.78. The number of benzene rings is 2. The molecule has 2 aromatic carbocycles. The SMILES string of the molecule is C=CCS(=O)(=O)c1cccc(-c2ccccc2)c1N=[N+]=[N-]. The predicted octanol–water partition coefficient (Wildman–Crippen LogP) is 4.26. The van der Waals surface area contributed by atoms with Gasteiger partial charge in [-0.1, -0.05) is 53.7 Å². The topological polar surface area (TPSA) is 82.9 Å². The Labute approximate surface area is 123 Å². The lowest BCUT2D eigenvalue weighted by Crippen LogP contribution is -2.05. The van der Waals surface area contributed by atoms with Gasteiger partial charge in [0.05, 0.1) is 16.3 Å². The van der Waals surface area contributed by atoms with Crippen LogP contribution in [0.5, 0.6) is 0 Å². The third-order valence-electron chi connectivity index (χ3n) is 2.90. The molecule has 0 heterocycles. The molecule has 0 fully saturated rings. The van der Waals surface area contributed by atoms with Crippen LogP contribution in [0.15, 0.2) is 71.2 Å². The summed E-state index contributed by atoms with van der Waals surface area (Å²) in [6, 6.07) is 14.0. The summed E-state index contributed by atoms with van der Waals surface area (Å²) >= 11 is 0. The fourth-order valence-corrected chi connectivity index (χ4v) is 3.24. The molecule has 0 aliphatic heterocycles. The smallest absolute Gasteiger partial charge is 0.182 e. The van der Waals surface area contributed by atoms with Crippen LogP contribution < -0.4 is 0 Å². The lowest BCUT2D eigenvalue weighted by Gasteiger charge is -2.11. The summed E-state index contributed by atoms with van der Waals surface area (Å²) in [6.45, 7) is 3.45. The number of hydrogen-bond donors (Lipinski definition) is 0. The van der Waals surface area contributed by atoms with Crippen molar-refractivity contribution in [3.05, 3.63) is 71.6 Å². The van der Waals surface area contributed by atoms with Crippen LogP contribution in [0.1, 0.15) is 0 Å². The second kappa shape index (κ2) is 6.26. The second-order valence-electron chi connectivity index (χ2n) is 4.28. The van der Waals surface area contributed by atoms with Crippen molar-refractivity contribution in [2.45, 2.75) is 4.90 Å². The largest absolute Gasteiger partial charge is 0.223 e. The van der Waals surface area contributed by atoms with Gasteiger partial charge in [0.2, 0.25) is 0 Å². The molecule has 0 amide bonds. The number of azide groups is 1. The van der Waals surface area contributed by atoms with Gasteiger partial charge in [-0.05, 0) is 22.7 Å². The minimum Gasteiger partial charge on any atom is -0.223 e. The molecule has 0 N–H and O–H groups in total. The molecular formula is C15H13N3O2S. The van der Waals surface area contributed by atoms with E-state index in [-0.39, 0.29) is 16.3 Å². The highest BCUT2D eigenvalue weighted by Crippen LogP contribution is 2.36. The molecule has 0 atom stereocenters. The molecule has 0 unspecified atom stereocenters. The Balaban J connectivity index is 2.75. The van der Waals surface area contributed by atoms with E-state index in [0.717, 1.165) is 5.56 Å². The highest BCUT2D eigenvalue weighted by atomic mass is 32.2. The summed E-state index contributed by atoms with van der Waals surface area (Å²) < 4.78 is 24.5. The fraction of sp³-hybridized carbons (Fsp3) is 0.0667. The van der Waals surface area contributed by atoms with Crippen LogP contribution in [0.4, 0.5) is 5.69 Å². The van der Waals surface area contributed by atoms with Gasteiger partial charge in [0.25, 0.3) is 0 Å². The molecule has 0 aliphatic rings. The van der Waals surface area contributed by atoms with Crippen LogP contribution in [-0.4, -0.2) is 14.2 Å². The molecule has 0 aromatic heterocycles. The fourth-order valence-electron chi connectivity index (χ4n) is 2.02. The van der Waals surface area contributed by atoms with Crippen molar-refractivity contribution in [1.82, 2.24) is 0 Å². The summed E-state index contributed by atoms with van der Waals surface area (Å²) in [5, 5.41) is 3.60. The third-order valence-corrected chi connectivity index (χ3v) is 4.57. The highest BCUT2D eigenvalue weighted by Gasteiger charge is 2.19. The number of hydrogen-bond acceptors (Lipinski definition) is 3. The van der Waals surface area contributed by atoms with Crippen molar-refractivity contribution < 1.29 is 8.42 Å². The van der Waals surface area contributed by atoms with Gasteiger partial charge in [0, 0.05) is 4.91 Å². The van der Waals surface area contributed by atoms with Crippen LogP contribution in [0, 0.1) is 0 Å². The van der Waals surface area contributed by atoms with Gasteiger partial charge in [-0.25, -0.2) is 8.42 Å². The van der Waals surface area contributed by atoms with Crippen molar-refractivity contribution >= 4 is 15.5 Å². The minimum atomic E-state index is -3.58. The highest BCUT2D eigenvalue weighted by molar-refractivity contribution is 7.91. The van der Waals surface area contributed by atoms with Gasteiger partial charge in [0.1, 0.15) is 0 Å². The quantitative estimate of drug-likeness (QED) is 0.358. The molecule has 0 radical (unpaired) electrons. The maximum atomic E-state index is 12.3. The maximum Gasteiger partial charge on any atom is 0.182 e. The normalized spacial score (nSPS) is 10.7. The van der Waals surface area contributed by atoms with Crippen LogP contribution in [0.2, 0.25) is 0 Å². The third kappa shape index (κ3) is 3.13. The number of nitrogens with zero attached hydrogens (tertiary/aromatic N) is 3. The first-order valence-corrected chi connectivity index (χ1v) is 7.82. The average Bonchev–Trinajstić information content (AvgIpc) is 2.48. The summed E-state index contributed by atoms with van der Waals surface area (Å²) in [5.74, 6) is -0.209. The van der Waals surface area contributed by atoms with E-state index in [1.165, 1.54) is 12.1 Å². The summed E-state index contributed by atoms with van der Waals surface area (Å²) in [5.41, 5.74) is 10.2. The van der Waals surface area contributed by atoms with E-state index in [9.17, 15) is 8.42 Å². The molecule has 0 saturated carbocycles. The van der Waals surface area contributed by atoms with Crippen molar-refractivity contribution in [2.24, 2.45) is 5.11 Å². The molecule has 6 heteroatoms. The van der Waals surface area contributed by atoms with Gasteiger partial charge in [-0.15, -0.1) is 6.58 Å². The molecule has 106 valence electrons. The van der Waals surface area contributed by atoms with E-state index in [2.05, 4.69) is 16.6 Å². The number of rotatable bonds is 5. The molecule has 0 bridgehead atoms. The van der Waals surface area contributed by atoms with Gasteiger partial charge in [-0.2, -0.15) is 0 Å². The van der Waals surface area contributed by atoms with E-state index in [1.54, 1.807) is 12.1 Å². The van der Waals surface area contributed by atoms with Gasteiger partial charge >= 0.3 is 0 Å². The van der Waals surface area contributed by atoms with E-state index < -0.39 is 9.84 Å². The molecule has 0 spiro atoms. The predicted molar refractivity (Wildman–Crippen MR) is 82.9 cm³/mol. The summed E-state index contributed by atoms with van der Waals surface area (Å²) in [6.07, 6.45) is 1.31. The second-order valence-corrected chi connectivity index (χ2v) is 6.28. The van der Waals surface area contributed by atoms with Crippen LogP contribution in [-0.2, 0) is 9.84 Å². The molecule has 21 heavy (non-hydrogen) atoms. The number of sulfone groups is 1. The first-order valence-electron chi connectivity index (χ1n) is 6.17. The Morgan fingerprint density at radius 3 is 2.48 bits per heavy atom. The zero-order valence-corrected chi connectivity index (χ0v) is 12.0. The monoisotopic (exact) mass is 299 g/mol. The van der Waals surface area contributed by atoms with Gasteiger partial charge < -0.3 is 0 Å². The molecular weight excluding hydrogens is 286 g/mol. The Morgan fingerprint density at radius 2 is 1.86 bits per heavy atom. The average molecular weight is 299 g/mol. The molecule has 0 aliphatic carbocycles. The van der Waals surface area contributed by atoms with E-state index in [4.69, 9.17) is 5.53 Å². The molecule has 0 saturated heterocycles. The zero-order chi connectivity index (χ0) is 15.3. The standard InChI is InChI=1S/C15H13N3O2S/c1-2-11-21(19,20)14-10-6-9-13(15(14)17-18-16)12-7-4-3-5-8-12/h2-10H,1,11H2. The summed E-state index contributed by atoms with van der Waals surface area (Å²) in [7, 11) is -3.58. The molecule has 2 aromatic rings. The Hall–Kier alpha value is -2.56. The van der Waals surface area contributed by atoms with Crippen molar-refractivity contribution in [1.29, 1.82) is 0 Å². The van der Waals surface area contributed by atoms with E-state index in [1.807, 2.05) is 30.3 Å². The van der Waals surface area contributed by atoms with Crippen molar-refractivity contribution in [3.8, 4) is 11.1 Å². The van der Waals surface area contributed by atoms with Gasteiger partial charge in [0.15, 0.2) is 9.84 Å². The Morgan fingerprint density at radius 1 is 1.14 bits per heavy atom. The van der Waals surface area contributed by atoms with Crippen molar-refractivity contribution in [3.63, 3.8) is 0 Å². The minimum absolute atomic E-state index is 0.0153. The van der Waals surface area contributed by atoms with E-state index >= 15 is 0 Å². The first kappa shape index (κ1) is 14.8. The lowest BCUT2D eigenvalue weighted by atomic mass is 10.0. The Bertz CT molecular complexity index is 808. The van der Waals surface area contributed by atoms with Crippen molar-refractivity contribution in [2.75, 3.05) is 5.75 Å².